The van der Waals surface area contributed by atoms with Crippen LogP contribution in [-0.2, 0) is 9.59 Å². The molecule has 0 bridgehead atoms. The van der Waals surface area contributed by atoms with Crippen molar-refractivity contribution in [1.82, 2.24) is 0 Å². The third kappa shape index (κ3) is 2.61. The van der Waals surface area contributed by atoms with Gasteiger partial charge in [0.25, 0.3) is 0 Å². The van der Waals surface area contributed by atoms with Crippen molar-refractivity contribution < 1.29 is 9.59 Å². The van der Waals surface area contributed by atoms with E-state index in [0.717, 1.165) is 17.7 Å². The lowest BCUT2D eigenvalue weighted by molar-refractivity contribution is -0.122. The first kappa shape index (κ1) is 14.0. The first-order valence-corrected chi connectivity index (χ1v) is 7.91. The fourth-order valence-electron chi connectivity index (χ4n) is 2.78. The zero-order valence-corrected chi connectivity index (χ0v) is 12.3. The van der Waals surface area contributed by atoms with Gasteiger partial charge in [-0.05, 0) is 31.0 Å². The molecule has 1 fully saturated rings. The highest BCUT2D eigenvalue weighted by Crippen LogP contribution is 2.39. The van der Waals surface area contributed by atoms with Crippen LogP contribution in [0.15, 0.2) is 23.1 Å². The predicted octanol–water partition coefficient (Wildman–Crippen LogP) is 2.75. The van der Waals surface area contributed by atoms with E-state index in [4.69, 9.17) is 0 Å². The number of hydrogen-bond donors (Lipinski definition) is 2. The second-order valence-electron chi connectivity index (χ2n) is 5.40. The molecule has 1 heterocycles. The fourth-order valence-corrected chi connectivity index (χ4v) is 3.57. The number of nitrogens with zero attached hydrogens (tertiary/aromatic N) is 1. The van der Waals surface area contributed by atoms with Crippen molar-refractivity contribution in [1.29, 1.82) is 5.26 Å². The van der Waals surface area contributed by atoms with Gasteiger partial charge in [-0.1, -0.05) is 12.8 Å². The molecule has 108 valence electrons. The lowest BCUT2D eigenvalue weighted by Crippen LogP contribution is -2.32. The van der Waals surface area contributed by atoms with Crippen LogP contribution in [0.4, 0.5) is 11.4 Å². The summed E-state index contributed by atoms with van der Waals surface area (Å²) in [5.74, 6) is 0.133. The Labute approximate surface area is 127 Å². The van der Waals surface area contributed by atoms with E-state index in [9.17, 15) is 14.9 Å². The predicted molar refractivity (Wildman–Crippen MR) is 80.9 cm³/mol. The quantitative estimate of drug-likeness (QED) is 0.880. The molecule has 1 aromatic rings. The van der Waals surface area contributed by atoms with E-state index in [1.165, 1.54) is 11.8 Å². The van der Waals surface area contributed by atoms with Crippen molar-refractivity contribution >= 4 is 35.0 Å². The Morgan fingerprint density at radius 2 is 2.14 bits per heavy atom. The van der Waals surface area contributed by atoms with E-state index in [0.29, 0.717) is 30.0 Å². The zero-order valence-electron chi connectivity index (χ0n) is 11.4. The van der Waals surface area contributed by atoms with E-state index < -0.39 is 5.41 Å². The summed E-state index contributed by atoms with van der Waals surface area (Å²) < 4.78 is 0. The summed E-state index contributed by atoms with van der Waals surface area (Å²) >= 11 is 1.48. The number of carbonyl (C=O) groups is 2. The number of rotatable bonds is 2. The number of nitriles is 1. The van der Waals surface area contributed by atoms with Crippen LogP contribution in [0.1, 0.15) is 25.7 Å². The molecule has 0 aromatic heterocycles. The Morgan fingerprint density at radius 3 is 2.86 bits per heavy atom. The maximum absolute atomic E-state index is 12.4. The van der Waals surface area contributed by atoms with Gasteiger partial charge in [-0.2, -0.15) is 5.26 Å². The summed E-state index contributed by atoms with van der Waals surface area (Å²) in [6, 6.07) is 7.61. The van der Waals surface area contributed by atoms with Crippen LogP contribution < -0.4 is 10.6 Å². The average molecular weight is 301 g/mol. The van der Waals surface area contributed by atoms with Crippen molar-refractivity contribution in [3.63, 3.8) is 0 Å². The van der Waals surface area contributed by atoms with Gasteiger partial charge in [0.05, 0.1) is 17.5 Å². The minimum absolute atomic E-state index is 0.0414. The van der Waals surface area contributed by atoms with Crippen LogP contribution >= 0.6 is 11.8 Å². The molecule has 0 atom stereocenters. The van der Waals surface area contributed by atoms with Gasteiger partial charge in [0.15, 0.2) is 0 Å². The molecule has 1 saturated carbocycles. The lowest BCUT2D eigenvalue weighted by Gasteiger charge is -2.21. The normalized spacial score (nSPS) is 19.3. The smallest absolute Gasteiger partial charge is 0.244 e. The summed E-state index contributed by atoms with van der Waals surface area (Å²) in [7, 11) is 0. The van der Waals surface area contributed by atoms with Gasteiger partial charge in [0, 0.05) is 10.6 Å². The Balaban J connectivity index is 1.79. The summed E-state index contributed by atoms with van der Waals surface area (Å²) in [6.07, 6.45) is 3.06. The van der Waals surface area contributed by atoms with Crippen LogP contribution in [0, 0.1) is 16.7 Å². The van der Waals surface area contributed by atoms with E-state index >= 15 is 0 Å². The van der Waals surface area contributed by atoms with E-state index in [1.54, 1.807) is 12.1 Å². The molecule has 3 rings (SSSR count). The molecule has 2 aliphatic rings. The molecule has 0 spiro atoms. The van der Waals surface area contributed by atoms with Gasteiger partial charge in [-0.15, -0.1) is 11.8 Å². The fraction of sp³-hybridized carbons (Fsp3) is 0.400. The third-order valence-electron chi connectivity index (χ3n) is 3.98. The van der Waals surface area contributed by atoms with Crippen LogP contribution in [-0.4, -0.2) is 17.6 Å². The Bertz CT molecular complexity index is 645. The first-order valence-electron chi connectivity index (χ1n) is 6.92. The standard InChI is InChI=1S/C15H15N3O2S/c16-9-15(5-1-2-6-15)14(20)17-10-3-4-12-11(7-10)18-13(19)8-21-12/h3-4,7H,1-2,5-6,8H2,(H,17,20)(H,18,19). The molecule has 5 nitrogen and oxygen atoms in total. The van der Waals surface area contributed by atoms with Crippen molar-refractivity contribution in [3.05, 3.63) is 18.2 Å². The molecular formula is C15H15N3O2S. The van der Waals surface area contributed by atoms with E-state index in [2.05, 4.69) is 16.7 Å². The number of hydrogen-bond acceptors (Lipinski definition) is 4. The van der Waals surface area contributed by atoms with Crippen LogP contribution in [0.25, 0.3) is 0 Å². The van der Waals surface area contributed by atoms with Crippen molar-refractivity contribution in [3.8, 4) is 6.07 Å². The SMILES string of the molecule is N#CC1(C(=O)Nc2ccc3c(c2)NC(=O)CS3)CCCC1. The van der Waals surface area contributed by atoms with Crippen LogP contribution in [0.2, 0.25) is 0 Å². The van der Waals surface area contributed by atoms with Gasteiger partial charge >= 0.3 is 0 Å². The molecule has 1 aromatic carbocycles. The number of nitrogens with one attached hydrogen (secondary N) is 2. The second-order valence-corrected chi connectivity index (χ2v) is 6.42. The van der Waals surface area contributed by atoms with Crippen molar-refractivity contribution in [2.45, 2.75) is 30.6 Å². The third-order valence-corrected chi connectivity index (χ3v) is 5.05. The zero-order chi connectivity index (χ0) is 14.9. The number of fused-ring (bicyclic) bond motifs is 1. The van der Waals surface area contributed by atoms with Gasteiger partial charge in [0.2, 0.25) is 11.8 Å². The van der Waals surface area contributed by atoms with E-state index in [-0.39, 0.29) is 11.8 Å². The van der Waals surface area contributed by atoms with Crippen molar-refractivity contribution in [2.24, 2.45) is 5.41 Å². The largest absolute Gasteiger partial charge is 0.325 e. The highest BCUT2D eigenvalue weighted by molar-refractivity contribution is 8.00. The molecular weight excluding hydrogens is 286 g/mol. The van der Waals surface area contributed by atoms with E-state index in [1.807, 2.05) is 6.07 Å². The summed E-state index contributed by atoms with van der Waals surface area (Å²) in [5, 5.41) is 14.9. The Morgan fingerprint density at radius 1 is 1.38 bits per heavy atom. The van der Waals surface area contributed by atoms with Gasteiger partial charge in [-0.3, -0.25) is 9.59 Å². The molecule has 21 heavy (non-hydrogen) atoms. The minimum atomic E-state index is -0.895. The number of benzene rings is 1. The minimum Gasteiger partial charge on any atom is -0.325 e. The second kappa shape index (κ2) is 5.41. The topological polar surface area (TPSA) is 82.0 Å². The maximum atomic E-state index is 12.4. The monoisotopic (exact) mass is 301 g/mol. The number of amides is 2. The van der Waals surface area contributed by atoms with Gasteiger partial charge < -0.3 is 10.6 Å². The maximum Gasteiger partial charge on any atom is 0.244 e. The van der Waals surface area contributed by atoms with Crippen molar-refractivity contribution in [2.75, 3.05) is 16.4 Å². The molecule has 0 saturated heterocycles. The van der Waals surface area contributed by atoms with Gasteiger partial charge in [0.1, 0.15) is 5.41 Å². The molecule has 1 aliphatic carbocycles. The lowest BCUT2D eigenvalue weighted by atomic mass is 9.87. The number of thioether (sulfide) groups is 1. The Kier molecular flexibility index (Phi) is 3.60. The van der Waals surface area contributed by atoms with Crippen LogP contribution in [0.5, 0.6) is 0 Å². The number of anilines is 2. The molecule has 6 heteroatoms. The molecule has 0 unspecified atom stereocenters. The summed E-state index contributed by atoms with van der Waals surface area (Å²) in [6.45, 7) is 0. The molecule has 2 amide bonds. The van der Waals surface area contributed by atoms with Gasteiger partial charge in [-0.25, -0.2) is 0 Å². The van der Waals surface area contributed by atoms with Crippen LogP contribution in [0.3, 0.4) is 0 Å². The molecule has 1 aliphatic heterocycles. The molecule has 2 N–H and O–H groups in total. The Hall–Kier alpha value is -2.00. The number of carbonyl (C=O) groups excluding carboxylic acids is 2. The highest BCUT2D eigenvalue weighted by atomic mass is 32.2. The highest BCUT2D eigenvalue weighted by Gasteiger charge is 2.41. The average Bonchev–Trinajstić information content (AvgIpc) is 2.97. The molecule has 0 radical (unpaired) electrons. The summed E-state index contributed by atoms with van der Waals surface area (Å²) in [4.78, 5) is 24.8. The first-order chi connectivity index (χ1) is 10.1. The summed E-state index contributed by atoms with van der Waals surface area (Å²) in [5.41, 5.74) is 0.433.